The van der Waals surface area contributed by atoms with Crippen molar-refractivity contribution in [1.29, 1.82) is 0 Å². The van der Waals surface area contributed by atoms with Crippen LogP contribution in [0.1, 0.15) is 32.8 Å². The molecule has 0 aliphatic heterocycles. The second-order valence-electron chi connectivity index (χ2n) is 7.89. The van der Waals surface area contributed by atoms with Crippen molar-refractivity contribution in [2.45, 2.75) is 39.2 Å². The predicted molar refractivity (Wildman–Crippen MR) is 113 cm³/mol. The SMILES string of the molecule is Cn1c(=O)c2nc(Br)n(CCCOc3ccc(C(C)(C)C)cc3)c2n(C)c1=O. The molecule has 0 amide bonds. The fraction of sp³-hybridized carbons (Fsp3) is 0.450. The maximum atomic E-state index is 12.3. The first-order valence-electron chi connectivity index (χ1n) is 9.16. The van der Waals surface area contributed by atoms with Crippen LogP contribution in [-0.2, 0) is 26.1 Å². The molecule has 2 heterocycles. The summed E-state index contributed by atoms with van der Waals surface area (Å²) in [4.78, 5) is 28.8. The number of imidazole rings is 1. The first kappa shape index (κ1) is 20.4. The Labute approximate surface area is 171 Å². The summed E-state index contributed by atoms with van der Waals surface area (Å²) >= 11 is 3.40. The Morgan fingerprint density at radius 1 is 1.07 bits per heavy atom. The molecule has 0 spiro atoms. The van der Waals surface area contributed by atoms with Gasteiger partial charge in [-0.25, -0.2) is 9.78 Å². The largest absolute Gasteiger partial charge is 0.494 e. The van der Waals surface area contributed by atoms with E-state index in [1.807, 2.05) is 16.7 Å². The lowest BCUT2D eigenvalue weighted by atomic mass is 9.87. The molecule has 0 radical (unpaired) electrons. The van der Waals surface area contributed by atoms with Gasteiger partial charge in [0.15, 0.2) is 15.9 Å². The highest BCUT2D eigenvalue weighted by molar-refractivity contribution is 9.10. The van der Waals surface area contributed by atoms with E-state index in [1.54, 1.807) is 7.05 Å². The summed E-state index contributed by atoms with van der Waals surface area (Å²) in [7, 11) is 3.10. The van der Waals surface area contributed by atoms with Gasteiger partial charge in [-0.15, -0.1) is 0 Å². The van der Waals surface area contributed by atoms with Gasteiger partial charge in [0.1, 0.15) is 5.75 Å². The number of benzene rings is 1. The Kier molecular flexibility index (Phi) is 5.52. The lowest BCUT2D eigenvalue weighted by Gasteiger charge is -2.19. The van der Waals surface area contributed by atoms with E-state index in [9.17, 15) is 9.59 Å². The maximum Gasteiger partial charge on any atom is 0.332 e. The molecule has 0 aliphatic rings. The van der Waals surface area contributed by atoms with Gasteiger partial charge < -0.3 is 9.30 Å². The van der Waals surface area contributed by atoms with E-state index in [0.717, 1.165) is 10.3 Å². The fourth-order valence-corrected chi connectivity index (χ4v) is 3.65. The van der Waals surface area contributed by atoms with E-state index < -0.39 is 5.56 Å². The number of fused-ring (bicyclic) bond motifs is 1. The molecule has 8 heteroatoms. The van der Waals surface area contributed by atoms with Gasteiger partial charge in [-0.3, -0.25) is 13.9 Å². The number of hydrogen-bond donors (Lipinski definition) is 0. The van der Waals surface area contributed by atoms with Crippen LogP contribution in [0, 0.1) is 0 Å². The van der Waals surface area contributed by atoms with Gasteiger partial charge in [-0.2, -0.15) is 0 Å². The van der Waals surface area contributed by atoms with Crippen LogP contribution in [0.4, 0.5) is 0 Å². The first-order valence-corrected chi connectivity index (χ1v) is 9.95. The van der Waals surface area contributed by atoms with Crippen LogP contribution in [0.2, 0.25) is 0 Å². The average molecular weight is 449 g/mol. The highest BCUT2D eigenvalue weighted by atomic mass is 79.9. The summed E-state index contributed by atoms with van der Waals surface area (Å²) in [6.45, 7) is 7.61. The molecule has 0 aliphatic carbocycles. The van der Waals surface area contributed by atoms with Crippen molar-refractivity contribution in [2.24, 2.45) is 14.1 Å². The summed E-state index contributed by atoms with van der Waals surface area (Å²) in [5.41, 5.74) is 1.38. The molecule has 3 aromatic rings. The zero-order chi connectivity index (χ0) is 20.6. The molecule has 0 N–H and O–H groups in total. The smallest absolute Gasteiger partial charge is 0.332 e. The van der Waals surface area contributed by atoms with Crippen molar-refractivity contribution in [3.63, 3.8) is 0 Å². The molecule has 150 valence electrons. The number of ether oxygens (including phenoxy) is 1. The van der Waals surface area contributed by atoms with E-state index in [-0.39, 0.29) is 16.6 Å². The Morgan fingerprint density at radius 2 is 1.71 bits per heavy atom. The van der Waals surface area contributed by atoms with E-state index in [4.69, 9.17) is 4.74 Å². The van der Waals surface area contributed by atoms with Crippen LogP contribution < -0.4 is 16.0 Å². The van der Waals surface area contributed by atoms with Crippen LogP contribution in [-0.4, -0.2) is 25.3 Å². The Balaban J connectivity index is 1.72. The number of aryl methyl sites for hydroxylation is 2. The summed E-state index contributed by atoms with van der Waals surface area (Å²) in [5, 5.41) is 0. The molecule has 3 rings (SSSR count). The first-order chi connectivity index (χ1) is 13.1. The molecule has 0 bridgehead atoms. The summed E-state index contributed by atoms with van der Waals surface area (Å²) in [6.07, 6.45) is 0.703. The van der Waals surface area contributed by atoms with Crippen molar-refractivity contribution in [3.05, 3.63) is 55.4 Å². The third-order valence-corrected chi connectivity index (χ3v) is 5.41. The summed E-state index contributed by atoms with van der Waals surface area (Å²) < 4.78 is 10.7. The monoisotopic (exact) mass is 448 g/mol. The zero-order valence-corrected chi connectivity index (χ0v) is 18.4. The number of rotatable bonds is 5. The van der Waals surface area contributed by atoms with Crippen LogP contribution in [0.5, 0.6) is 5.75 Å². The molecule has 2 aromatic heterocycles. The maximum absolute atomic E-state index is 12.3. The molecule has 0 saturated heterocycles. The molecule has 0 unspecified atom stereocenters. The van der Waals surface area contributed by atoms with Crippen molar-refractivity contribution in [1.82, 2.24) is 18.7 Å². The number of halogens is 1. The van der Waals surface area contributed by atoms with Crippen LogP contribution in [0.3, 0.4) is 0 Å². The third-order valence-electron chi connectivity index (χ3n) is 4.81. The summed E-state index contributed by atoms with van der Waals surface area (Å²) in [5.74, 6) is 0.823. The van der Waals surface area contributed by atoms with E-state index in [1.165, 1.54) is 17.2 Å². The molecule has 28 heavy (non-hydrogen) atoms. The van der Waals surface area contributed by atoms with Gasteiger partial charge in [-0.1, -0.05) is 32.9 Å². The van der Waals surface area contributed by atoms with Crippen molar-refractivity contribution in [2.75, 3.05) is 6.61 Å². The molecule has 0 fully saturated rings. The van der Waals surface area contributed by atoms with E-state index in [0.29, 0.717) is 30.0 Å². The molecule has 0 atom stereocenters. The van der Waals surface area contributed by atoms with Gasteiger partial charge >= 0.3 is 5.69 Å². The standard InChI is InChI=1S/C20H25BrN4O3/c1-20(2,3)13-7-9-14(10-8-13)28-12-6-11-25-16-15(22-18(25)21)17(26)24(5)19(27)23(16)4/h7-10H,6,11-12H2,1-5H3. The molecular formula is C20H25BrN4O3. The van der Waals surface area contributed by atoms with Gasteiger partial charge in [0.05, 0.1) is 6.61 Å². The normalized spacial score (nSPS) is 11.9. The van der Waals surface area contributed by atoms with Crippen LogP contribution >= 0.6 is 15.9 Å². The minimum absolute atomic E-state index is 0.111. The second-order valence-corrected chi connectivity index (χ2v) is 8.60. The minimum Gasteiger partial charge on any atom is -0.494 e. The van der Waals surface area contributed by atoms with Crippen LogP contribution in [0.25, 0.3) is 11.2 Å². The number of hydrogen-bond acceptors (Lipinski definition) is 4. The molecule has 0 saturated carbocycles. The number of aromatic nitrogens is 4. The molecule has 7 nitrogen and oxygen atoms in total. The Hall–Kier alpha value is -2.35. The van der Waals surface area contributed by atoms with Gasteiger partial charge in [-0.05, 0) is 45.5 Å². The quantitative estimate of drug-likeness (QED) is 0.444. The topological polar surface area (TPSA) is 71.0 Å². The third kappa shape index (κ3) is 3.78. The van der Waals surface area contributed by atoms with E-state index >= 15 is 0 Å². The van der Waals surface area contributed by atoms with Gasteiger partial charge in [0.2, 0.25) is 0 Å². The highest BCUT2D eigenvalue weighted by Gasteiger charge is 2.17. The van der Waals surface area contributed by atoms with Crippen molar-refractivity contribution >= 4 is 27.1 Å². The molecular weight excluding hydrogens is 424 g/mol. The zero-order valence-electron chi connectivity index (χ0n) is 16.8. The number of nitrogens with zero attached hydrogens (tertiary/aromatic N) is 4. The van der Waals surface area contributed by atoms with Gasteiger partial charge in [0, 0.05) is 20.6 Å². The second kappa shape index (κ2) is 7.58. The lowest BCUT2D eigenvalue weighted by molar-refractivity contribution is 0.301. The van der Waals surface area contributed by atoms with E-state index in [2.05, 4.69) is 53.8 Å². The average Bonchev–Trinajstić information content (AvgIpc) is 2.98. The van der Waals surface area contributed by atoms with Crippen LogP contribution in [0.15, 0.2) is 38.6 Å². The predicted octanol–water partition coefficient (Wildman–Crippen LogP) is 2.96. The van der Waals surface area contributed by atoms with Gasteiger partial charge in [0.25, 0.3) is 5.56 Å². The lowest BCUT2D eigenvalue weighted by Crippen LogP contribution is -2.37. The summed E-state index contributed by atoms with van der Waals surface area (Å²) in [6, 6.07) is 8.13. The highest BCUT2D eigenvalue weighted by Crippen LogP contribution is 2.24. The molecule has 1 aromatic carbocycles. The Bertz CT molecular complexity index is 1120. The fourth-order valence-electron chi connectivity index (χ4n) is 3.12. The van der Waals surface area contributed by atoms with Crippen molar-refractivity contribution < 1.29 is 4.74 Å². The Morgan fingerprint density at radius 3 is 2.32 bits per heavy atom. The minimum atomic E-state index is -0.396. The van der Waals surface area contributed by atoms with Crippen molar-refractivity contribution in [3.8, 4) is 5.75 Å².